The predicted molar refractivity (Wildman–Crippen MR) is 86.7 cm³/mol. The van der Waals surface area contributed by atoms with Crippen molar-refractivity contribution in [3.8, 4) is 11.5 Å². The Kier molecular flexibility index (Phi) is 5.51. The quantitative estimate of drug-likeness (QED) is 0.520. The average Bonchev–Trinajstić information content (AvgIpc) is 2.43. The van der Waals surface area contributed by atoms with E-state index >= 15 is 0 Å². The molecular formula is C15H11BrCl2O3. The zero-order valence-electron chi connectivity index (χ0n) is 11.0. The largest absolute Gasteiger partial charge is 0.494 e. The highest BCUT2D eigenvalue weighted by Crippen LogP contribution is 2.36. The van der Waals surface area contributed by atoms with Gasteiger partial charge in [0, 0.05) is 5.02 Å². The third kappa shape index (κ3) is 4.13. The van der Waals surface area contributed by atoms with Crippen LogP contribution in [0.1, 0.15) is 17.3 Å². The lowest BCUT2D eigenvalue weighted by atomic mass is 10.2. The van der Waals surface area contributed by atoms with Crippen LogP contribution < -0.4 is 9.47 Å². The van der Waals surface area contributed by atoms with E-state index in [4.69, 9.17) is 32.7 Å². The number of halogens is 3. The first-order chi connectivity index (χ1) is 10.0. The smallest absolute Gasteiger partial charge is 0.343 e. The van der Waals surface area contributed by atoms with Crippen molar-refractivity contribution < 1.29 is 14.3 Å². The minimum atomic E-state index is -0.511. The second kappa shape index (κ2) is 7.16. The highest BCUT2D eigenvalue weighted by atomic mass is 79.9. The average molecular weight is 390 g/mol. The van der Waals surface area contributed by atoms with Gasteiger partial charge in [-0.1, -0.05) is 23.2 Å². The van der Waals surface area contributed by atoms with Crippen LogP contribution >= 0.6 is 39.1 Å². The molecular weight excluding hydrogens is 379 g/mol. The van der Waals surface area contributed by atoms with Crippen molar-refractivity contribution in [3.63, 3.8) is 0 Å². The Hall–Kier alpha value is -1.23. The third-order valence-electron chi connectivity index (χ3n) is 2.56. The molecule has 0 spiro atoms. The first-order valence-electron chi connectivity index (χ1n) is 6.11. The van der Waals surface area contributed by atoms with Gasteiger partial charge in [-0.3, -0.25) is 0 Å². The van der Waals surface area contributed by atoms with Crippen LogP contribution in [0, 0.1) is 0 Å². The van der Waals surface area contributed by atoms with E-state index in [0.29, 0.717) is 27.4 Å². The molecule has 110 valence electrons. The van der Waals surface area contributed by atoms with Gasteiger partial charge in [0.1, 0.15) is 5.75 Å². The standard InChI is InChI=1S/C15H11BrCl2O3/c1-2-20-11-5-3-9(4-6-11)15(19)21-14-12(16)7-10(17)8-13(14)18/h3-8H,2H2,1H3. The van der Waals surface area contributed by atoms with Gasteiger partial charge in [0.25, 0.3) is 0 Å². The minimum Gasteiger partial charge on any atom is -0.494 e. The van der Waals surface area contributed by atoms with E-state index in [1.54, 1.807) is 30.3 Å². The molecule has 0 atom stereocenters. The minimum absolute atomic E-state index is 0.236. The molecule has 0 fully saturated rings. The fourth-order valence-corrected chi connectivity index (χ4v) is 2.95. The van der Waals surface area contributed by atoms with E-state index in [1.807, 2.05) is 6.92 Å². The van der Waals surface area contributed by atoms with Crippen LogP contribution in [0.3, 0.4) is 0 Å². The molecule has 0 aliphatic rings. The Morgan fingerprint density at radius 1 is 1.19 bits per heavy atom. The van der Waals surface area contributed by atoms with Crippen molar-refractivity contribution in [2.24, 2.45) is 0 Å². The Balaban J connectivity index is 2.18. The number of carbonyl (C=O) groups is 1. The van der Waals surface area contributed by atoms with Crippen molar-refractivity contribution in [3.05, 3.63) is 56.5 Å². The normalized spacial score (nSPS) is 10.3. The highest BCUT2D eigenvalue weighted by molar-refractivity contribution is 9.10. The molecule has 0 radical (unpaired) electrons. The first-order valence-corrected chi connectivity index (χ1v) is 7.65. The van der Waals surface area contributed by atoms with Crippen molar-refractivity contribution >= 4 is 45.1 Å². The predicted octanol–water partition coefficient (Wildman–Crippen LogP) is 5.37. The maximum absolute atomic E-state index is 12.1. The summed E-state index contributed by atoms with van der Waals surface area (Å²) in [7, 11) is 0. The molecule has 3 nitrogen and oxygen atoms in total. The van der Waals surface area contributed by atoms with Crippen LogP contribution in [-0.4, -0.2) is 12.6 Å². The maximum atomic E-state index is 12.1. The Labute approximate surface area is 140 Å². The fraction of sp³-hybridized carbons (Fsp3) is 0.133. The Morgan fingerprint density at radius 3 is 2.43 bits per heavy atom. The summed E-state index contributed by atoms with van der Waals surface area (Å²) in [5.41, 5.74) is 0.399. The molecule has 0 heterocycles. The molecule has 2 rings (SSSR count). The van der Waals surface area contributed by atoms with Crippen molar-refractivity contribution in [1.82, 2.24) is 0 Å². The molecule has 21 heavy (non-hydrogen) atoms. The zero-order valence-corrected chi connectivity index (χ0v) is 14.1. The van der Waals surface area contributed by atoms with E-state index in [0.717, 1.165) is 0 Å². The molecule has 2 aromatic carbocycles. The number of rotatable bonds is 4. The van der Waals surface area contributed by atoms with Gasteiger partial charge in [-0.15, -0.1) is 0 Å². The van der Waals surface area contributed by atoms with Crippen LogP contribution in [0.5, 0.6) is 11.5 Å². The van der Waals surface area contributed by atoms with Gasteiger partial charge in [0.05, 0.1) is 21.7 Å². The number of esters is 1. The van der Waals surface area contributed by atoms with E-state index in [-0.39, 0.29) is 10.8 Å². The maximum Gasteiger partial charge on any atom is 0.343 e. The lowest BCUT2D eigenvalue weighted by molar-refractivity contribution is 0.0733. The third-order valence-corrected chi connectivity index (χ3v) is 3.65. The van der Waals surface area contributed by atoms with Gasteiger partial charge >= 0.3 is 5.97 Å². The molecule has 2 aromatic rings. The number of benzene rings is 2. The summed E-state index contributed by atoms with van der Waals surface area (Å²) in [6.45, 7) is 2.46. The van der Waals surface area contributed by atoms with Gasteiger partial charge in [-0.05, 0) is 59.3 Å². The molecule has 0 unspecified atom stereocenters. The molecule has 0 aliphatic heterocycles. The number of ether oxygens (including phenoxy) is 2. The molecule has 0 saturated carbocycles. The Bertz CT molecular complexity index is 633. The zero-order chi connectivity index (χ0) is 15.4. The number of hydrogen-bond donors (Lipinski definition) is 0. The van der Waals surface area contributed by atoms with Crippen LogP contribution in [-0.2, 0) is 0 Å². The van der Waals surface area contributed by atoms with Crippen LogP contribution in [0.15, 0.2) is 40.9 Å². The highest BCUT2D eigenvalue weighted by Gasteiger charge is 2.15. The molecule has 0 aromatic heterocycles. The molecule has 0 N–H and O–H groups in total. The van der Waals surface area contributed by atoms with Crippen LogP contribution in [0.4, 0.5) is 0 Å². The van der Waals surface area contributed by atoms with Crippen LogP contribution in [0.2, 0.25) is 10.0 Å². The summed E-state index contributed by atoms with van der Waals surface area (Å²) < 4.78 is 11.1. The molecule has 0 amide bonds. The van der Waals surface area contributed by atoms with Gasteiger partial charge in [-0.25, -0.2) is 4.79 Å². The van der Waals surface area contributed by atoms with E-state index < -0.39 is 5.97 Å². The fourth-order valence-electron chi connectivity index (χ4n) is 1.63. The summed E-state index contributed by atoms with van der Waals surface area (Å²) in [6.07, 6.45) is 0. The van der Waals surface area contributed by atoms with E-state index in [2.05, 4.69) is 15.9 Å². The van der Waals surface area contributed by atoms with E-state index in [9.17, 15) is 4.79 Å². The van der Waals surface area contributed by atoms with Crippen molar-refractivity contribution in [2.75, 3.05) is 6.61 Å². The number of carbonyl (C=O) groups excluding carboxylic acids is 1. The molecule has 0 bridgehead atoms. The monoisotopic (exact) mass is 388 g/mol. The molecule has 0 saturated heterocycles. The molecule has 6 heteroatoms. The lowest BCUT2D eigenvalue weighted by Gasteiger charge is -2.09. The second-order valence-electron chi connectivity index (χ2n) is 4.05. The van der Waals surface area contributed by atoms with Gasteiger partial charge in [0.15, 0.2) is 5.75 Å². The topological polar surface area (TPSA) is 35.5 Å². The van der Waals surface area contributed by atoms with E-state index in [1.165, 1.54) is 6.07 Å². The second-order valence-corrected chi connectivity index (χ2v) is 5.74. The van der Waals surface area contributed by atoms with Crippen LogP contribution in [0.25, 0.3) is 0 Å². The lowest BCUT2D eigenvalue weighted by Crippen LogP contribution is -2.09. The van der Waals surface area contributed by atoms with Crippen molar-refractivity contribution in [1.29, 1.82) is 0 Å². The number of hydrogen-bond acceptors (Lipinski definition) is 3. The first kappa shape index (κ1) is 16.1. The van der Waals surface area contributed by atoms with Gasteiger partial charge < -0.3 is 9.47 Å². The summed E-state index contributed by atoms with van der Waals surface area (Å²) in [4.78, 5) is 12.1. The Morgan fingerprint density at radius 2 is 1.86 bits per heavy atom. The molecule has 0 aliphatic carbocycles. The summed E-state index contributed by atoms with van der Waals surface area (Å²) in [6, 6.07) is 9.79. The van der Waals surface area contributed by atoms with Crippen molar-refractivity contribution in [2.45, 2.75) is 6.92 Å². The summed E-state index contributed by atoms with van der Waals surface area (Å²) in [5.74, 6) is 0.419. The summed E-state index contributed by atoms with van der Waals surface area (Å²) >= 11 is 15.1. The van der Waals surface area contributed by atoms with Gasteiger partial charge in [0.2, 0.25) is 0 Å². The SMILES string of the molecule is CCOc1ccc(C(=O)Oc2c(Cl)cc(Cl)cc2Br)cc1. The van der Waals surface area contributed by atoms with Gasteiger partial charge in [-0.2, -0.15) is 0 Å². The summed E-state index contributed by atoms with van der Waals surface area (Å²) in [5, 5.41) is 0.710.